The van der Waals surface area contributed by atoms with E-state index in [0.29, 0.717) is 6.42 Å². The molecule has 0 aliphatic carbocycles. The highest BCUT2D eigenvalue weighted by Gasteiger charge is 2.21. The van der Waals surface area contributed by atoms with Gasteiger partial charge in [-0.3, -0.25) is 0 Å². The molecular formula is C12H15IN24O2. The molecule has 0 spiro atoms. The largest absolute Gasteiger partial charge is 0.478 e. The van der Waals surface area contributed by atoms with Crippen LogP contribution in [-0.2, 0) is 19.4 Å². The van der Waals surface area contributed by atoms with Crippen LogP contribution in [0.4, 0.5) is 0 Å². The smallest absolute Gasteiger partial charge is 0.337 e. The zero-order valence-corrected chi connectivity index (χ0v) is 21.5. The van der Waals surface area contributed by atoms with Crippen molar-refractivity contribution in [3.63, 3.8) is 0 Å². The highest BCUT2D eigenvalue weighted by atomic mass is 127. The Hall–Kier alpha value is -5.25. The van der Waals surface area contributed by atoms with Crippen LogP contribution in [0.3, 0.4) is 0 Å². The predicted octanol–water partition coefficient (Wildman–Crippen LogP) is 6.57. The van der Waals surface area contributed by atoms with E-state index in [4.69, 9.17) is 0 Å². The molecule has 1 aromatic heterocycles. The van der Waals surface area contributed by atoms with Crippen LogP contribution in [0.15, 0.2) is 126 Å². The first-order valence-electron chi connectivity index (χ1n) is 10.2. The lowest BCUT2D eigenvalue weighted by Gasteiger charge is -2.17. The van der Waals surface area contributed by atoms with Crippen LogP contribution in [0.5, 0.6) is 0 Å². The van der Waals surface area contributed by atoms with Crippen molar-refractivity contribution in [3.8, 4) is 0 Å². The van der Waals surface area contributed by atoms with Gasteiger partial charge in [-0.2, -0.15) is 5.11 Å². The Morgan fingerprint density at radius 1 is 0.744 bits per heavy atom. The number of rotatable bonds is 15. The maximum absolute atomic E-state index is 11.5. The average molecular weight is 654 g/mol. The van der Waals surface area contributed by atoms with E-state index in [-0.39, 0.29) is 12.1 Å². The van der Waals surface area contributed by atoms with Crippen LogP contribution in [-0.4, -0.2) is 26.4 Å². The molecule has 0 atom stereocenters. The van der Waals surface area contributed by atoms with Gasteiger partial charge in [-0.25, -0.2) is 4.79 Å². The summed E-state index contributed by atoms with van der Waals surface area (Å²) in [4.78, 5) is 11.5. The summed E-state index contributed by atoms with van der Waals surface area (Å²) < 4.78 is 3.39. The lowest BCUT2D eigenvalue weighted by molar-refractivity contribution is 0.0695. The number of carbonyl (C=O) groups is 1. The number of carboxylic acids is 1. The summed E-state index contributed by atoms with van der Waals surface area (Å²) in [5.74, 6) is -0.964. The number of aryl methyl sites for hydroxylation is 1. The summed E-state index contributed by atoms with van der Waals surface area (Å²) in [6.07, 6.45) is 3.31. The first-order valence-corrected chi connectivity index (χ1v) is 11.4. The Balaban J connectivity index is 1.61. The molecule has 1 aliphatic rings. The van der Waals surface area contributed by atoms with Crippen LogP contribution < -0.4 is 0 Å². The number of aromatic nitrogens is 1. The second-order valence-electron chi connectivity index (χ2n) is 6.12. The first kappa shape index (κ1) is 30.0. The molecule has 0 radical (unpaired) electrons. The number of nitrogens with zero attached hydrogens (tertiary/aromatic N) is 24. The van der Waals surface area contributed by atoms with Gasteiger partial charge in [-0.05, 0) is 131 Å². The second-order valence-corrected chi connectivity index (χ2v) is 6.67. The Morgan fingerprint density at radius 2 is 1.21 bits per heavy atom. The van der Waals surface area contributed by atoms with Gasteiger partial charge in [0.15, 0.2) is 0 Å². The van der Waals surface area contributed by atoms with Crippen molar-refractivity contribution in [1.82, 2.24) is 4.57 Å². The van der Waals surface area contributed by atoms with Gasteiger partial charge in [0.2, 0.25) is 0 Å². The van der Waals surface area contributed by atoms with E-state index in [1.165, 1.54) is 4.22 Å². The molecule has 2 rings (SSSR count). The van der Waals surface area contributed by atoms with Gasteiger partial charge in [0, 0.05) is 50.5 Å². The molecule has 2 heterocycles. The van der Waals surface area contributed by atoms with Crippen molar-refractivity contribution in [2.24, 2.45) is 120 Å². The minimum Gasteiger partial charge on any atom is -0.478 e. The maximum atomic E-state index is 11.5. The van der Waals surface area contributed by atoms with E-state index in [1.807, 2.05) is 27.2 Å². The summed E-state index contributed by atoms with van der Waals surface area (Å²) >= 11 is 1.83. The van der Waals surface area contributed by atoms with E-state index in [9.17, 15) is 9.90 Å². The number of hydrogen-bond acceptors (Lipinski definition) is 3. The Kier molecular flexibility index (Phi) is 15.3. The van der Waals surface area contributed by atoms with Gasteiger partial charge in [0.25, 0.3) is 0 Å². The van der Waals surface area contributed by atoms with E-state index in [1.54, 1.807) is 6.07 Å². The molecule has 1 N–H and O–H groups in total. The molecule has 202 valence electrons. The van der Waals surface area contributed by atoms with Crippen molar-refractivity contribution in [3.05, 3.63) is 23.0 Å². The summed E-state index contributed by atoms with van der Waals surface area (Å²) in [7, 11) is 0. The topological polar surface area (TPSA) is 327 Å². The molecule has 0 fully saturated rings. The third-order valence-corrected chi connectivity index (χ3v) is 4.25. The molecule has 0 aromatic carbocycles. The lowest BCUT2D eigenvalue weighted by Crippen LogP contribution is -2.14. The van der Waals surface area contributed by atoms with Crippen LogP contribution >= 0.6 is 22.6 Å². The number of carboxylic acid groups (broad SMARTS) is 1. The first-order chi connectivity index (χ1) is 19.2. The SMILES string of the molecule is O=C(O)c1cc2n(c1CCN=NN=NN=NN=NN=NN=NN=NN=NN=NN=NN=NN=CI)CCCC2. The van der Waals surface area contributed by atoms with Gasteiger partial charge in [0.1, 0.15) is 0 Å². The molecule has 0 saturated heterocycles. The molecule has 39 heavy (non-hydrogen) atoms. The van der Waals surface area contributed by atoms with Crippen molar-refractivity contribution >= 4 is 32.8 Å². The van der Waals surface area contributed by atoms with Gasteiger partial charge < -0.3 is 9.67 Å². The Bertz CT molecular complexity index is 1260. The van der Waals surface area contributed by atoms with Gasteiger partial charge in [-0.15, -0.1) is 5.10 Å². The Labute approximate surface area is 228 Å². The third-order valence-electron chi connectivity index (χ3n) is 4.00. The fraction of sp³-hybridized carbons (Fsp3) is 0.500. The van der Waals surface area contributed by atoms with Gasteiger partial charge in [-0.1, -0.05) is 0 Å². The monoisotopic (exact) mass is 654 g/mol. The quantitative estimate of drug-likeness (QED) is 0.0949. The van der Waals surface area contributed by atoms with Gasteiger partial charge >= 0.3 is 5.97 Å². The molecule has 26 nitrogen and oxygen atoms in total. The number of halogens is 1. The zero-order chi connectivity index (χ0) is 27.8. The normalized spacial score (nSPS) is 15.6. The standard InChI is InChI=1S/C12H15IN24O2/c13-8-15-17-19-21-23-25-27-29-31-33-35-36-34-32-30-28-26-24-22-20-18-16-14-5-4-11-10(12(38)39)7-9-3-1-2-6-37(9)11/h7-8H,1-6H2,(H,38,39). The minimum absolute atomic E-state index is 0.221. The van der Waals surface area contributed by atoms with Crippen LogP contribution in [0.2, 0.25) is 0 Å². The molecule has 1 aliphatic heterocycles. The molecule has 0 unspecified atom stereocenters. The van der Waals surface area contributed by atoms with Crippen molar-refractivity contribution < 1.29 is 9.90 Å². The van der Waals surface area contributed by atoms with E-state index >= 15 is 0 Å². The van der Waals surface area contributed by atoms with E-state index in [2.05, 4.69) is 120 Å². The molecule has 0 amide bonds. The summed E-state index contributed by atoms with van der Waals surface area (Å²) in [6.45, 7) is 1.01. The number of hydrogen-bond donors (Lipinski definition) is 1. The molecule has 0 bridgehead atoms. The Morgan fingerprint density at radius 3 is 1.67 bits per heavy atom. The number of aromatic carboxylic acids is 1. The highest BCUT2D eigenvalue weighted by molar-refractivity contribution is 14.1. The number of fused-ring (bicyclic) bond motifs is 1. The summed E-state index contributed by atoms with van der Waals surface area (Å²) in [5, 5.41) is 82.0. The lowest BCUT2D eigenvalue weighted by atomic mass is 10.1. The van der Waals surface area contributed by atoms with E-state index in [0.717, 1.165) is 37.2 Å². The summed E-state index contributed by atoms with van der Waals surface area (Å²) in [5.41, 5.74) is 2.03. The molecule has 1 aromatic rings. The summed E-state index contributed by atoms with van der Waals surface area (Å²) in [6, 6.07) is 1.72. The van der Waals surface area contributed by atoms with Crippen molar-refractivity contribution in [2.75, 3.05) is 6.54 Å². The fourth-order valence-corrected chi connectivity index (χ4v) is 2.89. The second kappa shape index (κ2) is 19.9. The fourth-order valence-electron chi connectivity index (χ4n) is 2.77. The third kappa shape index (κ3) is 13.0. The van der Waals surface area contributed by atoms with Crippen molar-refractivity contribution in [2.45, 2.75) is 32.2 Å². The molecule has 27 heteroatoms. The van der Waals surface area contributed by atoms with Crippen LogP contribution in [0, 0.1) is 0 Å². The van der Waals surface area contributed by atoms with Gasteiger partial charge in [0.05, 0.1) is 16.3 Å². The highest BCUT2D eigenvalue weighted by Crippen LogP contribution is 2.23. The molecular weight excluding hydrogens is 639 g/mol. The van der Waals surface area contributed by atoms with Crippen LogP contribution in [0.25, 0.3) is 0 Å². The van der Waals surface area contributed by atoms with Crippen molar-refractivity contribution in [1.29, 1.82) is 0 Å². The zero-order valence-electron chi connectivity index (χ0n) is 19.4. The maximum Gasteiger partial charge on any atom is 0.337 e. The average Bonchev–Trinajstić information content (AvgIpc) is 3.32. The predicted molar refractivity (Wildman–Crippen MR) is 129 cm³/mol. The van der Waals surface area contributed by atoms with Crippen LogP contribution in [0.1, 0.15) is 34.6 Å². The minimum atomic E-state index is -0.964. The van der Waals surface area contributed by atoms with E-state index < -0.39 is 5.97 Å². The molecule has 0 saturated carbocycles.